The highest BCUT2D eigenvalue weighted by Crippen LogP contribution is 2.19. The number of ether oxygens (including phenoxy) is 3. The van der Waals surface area contributed by atoms with E-state index in [1.807, 2.05) is 6.92 Å². The van der Waals surface area contributed by atoms with Gasteiger partial charge in [0.1, 0.15) is 0 Å². The minimum absolute atomic E-state index is 0.0170. The minimum atomic E-state index is -1.16. The van der Waals surface area contributed by atoms with Crippen molar-refractivity contribution in [2.24, 2.45) is 10.8 Å². The average Bonchev–Trinajstić information content (AvgIpc) is 2.77. The van der Waals surface area contributed by atoms with Gasteiger partial charge in [-0.3, -0.25) is 0 Å². The van der Waals surface area contributed by atoms with Gasteiger partial charge in [0.25, 0.3) is 0 Å². The van der Waals surface area contributed by atoms with Crippen molar-refractivity contribution in [1.29, 1.82) is 0 Å². The van der Waals surface area contributed by atoms with Crippen molar-refractivity contribution >= 4 is 0 Å². The fraction of sp³-hybridized carbons (Fsp3) is 1.00. The normalized spacial score (nSPS) is 15.3. The molecule has 3 unspecified atom stereocenters. The van der Waals surface area contributed by atoms with E-state index < -0.39 is 56.6 Å². The smallest absolute Gasteiger partial charge is 0.0781 e. The van der Waals surface area contributed by atoms with Gasteiger partial charge in [-0.1, -0.05) is 0 Å². The Labute approximate surface area is 178 Å². The summed E-state index contributed by atoms with van der Waals surface area (Å²) in [7, 11) is 0. The maximum absolute atomic E-state index is 9.03. The molecule has 0 fully saturated rings. The summed E-state index contributed by atoms with van der Waals surface area (Å²) in [5.41, 5.74) is -2.32. The Hall–Kier alpha value is -0.440. The molecule has 0 bridgehead atoms. The third-order valence-corrected chi connectivity index (χ3v) is 4.32. The van der Waals surface area contributed by atoms with Gasteiger partial charge < -0.3 is 55.1 Å². The molecule has 0 aromatic carbocycles. The van der Waals surface area contributed by atoms with Crippen molar-refractivity contribution in [2.45, 2.75) is 39.1 Å². The number of aliphatic hydroxyl groups excluding tert-OH is 8. The van der Waals surface area contributed by atoms with Gasteiger partial charge in [0.05, 0.1) is 102 Å². The highest BCUT2D eigenvalue weighted by molar-refractivity contribution is 4.80. The van der Waals surface area contributed by atoms with E-state index in [4.69, 9.17) is 55.1 Å². The maximum Gasteiger partial charge on any atom is 0.0781 e. The number of rotatable bonds is 17. The van der Waals surface area contributed by atoms with E-state index in [1.165, 1.54) is 0 Å². The lowest BCUT2D eigenvalue weighted by atomic mass is 9.91. The largest absolute Gasteiger partial charge is 0.396 e. The monoisotopic (exact) mass is 446 g/mol. The Bertz CT molecular complexity index is 337. The molecule has 0 amide bonds. The summed E-state index contributed by atoms with van der Waals surface area (Å²) < 4.78 is 15.6. The van der Waals surface area contributed by atoms with E-state index in [0.29, 0.717) is 13.2 Å². The zero-order valence-corrected chi connectivity index (χ0v) is 18.3. The van der Waals surface area contributed by atoms with Crippen LogP contribution in [-0.2, 0) is 14.2 Å². The lowest BCUT2D eigenvalue weighted by molar-refractivity contribution is -0.103. The molecule has 0 rings (SSSR count). The summed E-state index contributed by atoms with van der Waals surface area (Å²) in [6.07, 6.45) is -0.654. The SMILES string of the molecule is CC(O)COC(C)COC(C)CO.OCC(CO)(CO)COCC(CO)(CO)CO. The van der Waals surface area contributed by atoms with Crippen LogP contribution in [0, 0.1) is 10.8 Å². The number of aliphatic hydroxyl groups is 8. The fourth-order valence-corrected chi connectivity index (χ4v) is 1.76. The highest BCUT2D eigenvalue weighted by atomic mass is 16.5. The first-order valence-electron chi connectivity index (χ1n) is 9.88. The van der Waals surface area contributed by atoms with Gasteiger partial charge in [-0.15, -0.1) is 0 Å². The first-order valence-corrected chi connectivity index (χ1v) is 9.88. The number of hydrogen-bond donors (Lipinski definition) is 8. The molecule has 11 nitrogen and oxygen atoms in total. The molecule has 184 valence electrons. The van der Waals surface area contributed by atoms with Gasteiger partial charge in [0.15, 0.2) is 0 Å². The molecular weight excluding hydrogens is 404 g/mol. The number of hydrogen-bond acceptors (Lipinski definition) is 11. The first kappa shape index (κ1) is 31.7. The molecule has 0 saturated carbocycles. The van der Waals surface area contributed by atoms with Crippen molar-refractivity contribution in [3.05, 3.63) is 0 Å². The quantitative estimate of drug-likeness (QED) is 0.114. The van der Waals surface area contributed by atoms with E-state index >= 15 is 0 Å². The van der Waals surface area contributed by atoms with Crippen LogP contribution in [0.15, 0.2) is 0 Å². The van der Waals surface area contributed by atoms with Crippen LogP contribution >= 0.6 is 0 Å². The lowest BCUT2D eigenvalue weighted by Gasteiger charge is -2.31. The Morgan fingerprint density at radius 2 is 0.967 bits per heavy atom. The van der Waals surface area contributed by atoms with Crippen LogP contribution < -0.4 is 0 Å². The van der Waals surface area contributed by atoms with Crippen molar-refractivity contribution in [1.82, 2.24) is 0 Å². The van der Waals surface area contributed by atoms with Crippen molar-refractivity contribution < 1.29 is 55.1 Å². The van der Waals surface area contributed by atoms with Gasteiger partial charge in [-0.25, -0.2) is 0 Å². The second kappa shape index (κ2) is 18.2. The zero-order valence-electron chi connectivity index (χ0n) is 18.3. The summed E-state index contributed by atoms with van der Waals surface area (Å²) >= 11 is 0. The first-order chi connectivity index (χ1) is 14.1. The summed E-state index contributed by atoms with van der Waals surface area (Å²) in [5, 5.41) is 71.8. The molecule has 0 aromatic heterocycles. The van der Waals surface area contributed by atoms with E-state index in [9.17, 15) is 0 Å². The summed E-state index contributed by atoms with van der Waals surface area (Å²) in [6.45, 7) is 3.10. The van der Waals surface area contributed by atoms with Crippen LogP contribution in [-0.4, -0.2) is 132 Å². The van der Waals surface area contributed by atoms with Crippen molar-refractivity contribution in [2.75, 3.05) is 72.7 Å². The molecule has 11 heteroatoms. The Kier molecular flexibility index (Phi) is 19.2. The van der Waals surface area contributed by atoms with Gasteiger partial charge in [0, 0.05) is 0 Å². The molecule has 0 aliphatic heterocycles. The van der Waals surface area contributed by atoms with Gasteiger partial charge >= 0.3 is 0 Å². The second-order valence-electron chi connectivity index (χ2n) is 7.76. The van der Waals surface area contributed by atoms with Crippen LogP contribution in [0.4, 0.5) is 0 Å². The molecule has 8 N–H and O–H groups in total. The van der Waals surface area contributed by atoms with E-state index in [2.05, 4.69) is 0 Å². The Balaban J connectivity index is 0. The molecule has 0 heterocycles. The maximum atomic E-state index is 9.03. The van der Waals surface area contributed by atoms with Gasteiger partial charge in [-0.2, -0.15) is 0 Å². The molecule has 0 saturated heterocycles. The van der Waals surface area contributed by atoms with E-state index in [0.717, 1.165) is 0 Å². The minimum Gasteiger partial charge on any atom is -0.396 e. The molecular formula is C19H42O11. The summed E-state index contributed by atoms with van der Waals surface area (Å²) in [5.74, 6) is 0. The fourth-order valence-electron chi connectivity index (χ4n) is 1.76. The van der Waals surface area contributed by atoms with Crippen LogP contribution in [0.5, 0.6) is 0 Å². The predicted molar refractivity (Wildman–Crippen MR) is 108 cm³/mol. The highest BCUT2D eigenvalue weighted by Gasteiger charge is 2.32. The second-order valence-corrected chi connectivity index (χ2v) is 7.76. The van der Waals surface area contributed by atoms with Gasteiger partial charge in [0.2, 0.25) is 0 Å². The predicted octanol–water partition coefficient (Wildman–Crippen LogP) is -2.90. The Morgan fingerprint density at radius 3 is 1.27 bits per heavy atom. The molecule has 3 atom stereocenters. The standard InChI is InChI=1S/C10H22O7.C9H20O4/c11-1-9(2-12,3-13)7-17-8-10(4-14,5-15)6-16;1-7(11)5-12-9(3)6-13-8(2)4-10/h11-16H,1-8H2;7-11H,4-6H2,1-3H3. The van der Waals surface area contributed by atoms with Crippen LogP contribution in [0.2, 0.25) is 0 Å². The Morgan fingerprint density at radius 1 is 0.600 bits per heavy atom. The topological polar surface area (TPSA) is 190 Å². The molecule has 0 aromatic rings. The molecule has 0 spiro atoms. The van der Waals surface area contributed by atoms with Crippen LogP contribution in [0.1, 0.15) is 20.8 Å². The molecule has 0 aliphatic carbocycles. The summed E-state index contributed by atoms with van der Waals surface area (Å²) in [4.78, 5) is 0. The van der Waals surface area contributed by atoms with E-state index in [-0.39, 0.29) is 32.0 Å². The van der Waals surface area contributed by atoms with Crippen molar-refractivity contribution in [3.63, 3.8) is 0 Å². The van der Waals surface area contributed by atoms with E-state index in [1.54, 1.807) is 13.8 Å². The average molecular weight is 447 g/mol. The third kappa shape index (κ3) is 13.8. The summed E-state index contributed by atoms with van der Waals surface area (Å²) in [6, 6.07) is 0. The molecule has 0 radical (unpaired) electrons. The van der Waals surface area contributed by atoms with Crippen LogP contribution in [0.25, 0.3) is 0 Å². The molecule has 30 heavy (non-hydrogen) atoms. The van der Waals surface area contributed by atoms with Crippen molar-refractivity contribution in [3.8, 4) is 0 Å². The van der Waals surface area contributed by atoms with Crippen LogP contribution in [0.3, 0.4) is 0 Å². The molecule has 0 aliphatic rings. The third-order valence-electron chi connectivity index (χ3n) is 4.32. The lowest BCUT2D eigenvalue weighted by Crippen LogP contribution is -2.43. The van der Waals surface area contributed by atoms with Gasteiger partial charge in [-0.05, 0) is 20.8 Å². The zero-order chi connectivity index (χ0) is 23.6.